The van der Waals surface area contributed by atoms with Gasteiger partial charge in [0.05, 0.1) is 0 Å². The molecule has 0 amide bonds. The maximum absolute atomic E-state index is 12.4. The minimum absolute atomic E-state index is 0.403. The van der Waals surface area contributed by atoms with Crippen LogP contribution in [-0.4, -0.2) is 11.3 Å². The van der Waals surface area contributed by atoms with Crippen molar-refractivity contribution in [2.24, 2.45) is 0 Å². The quantitative estimate of drug-likeness (QED) is 0.821. The number of hydrogen-bond donors (Lipinski definition) is 1. The van der Waals surface area contributed by atoms with Gasteiger partial charge in [-0.05, 0) is 0 Å². The molecule has 17 heavy (non-hydrogen) atoms. The van der Waals surface area contributed by atoms with E-state index in [2.05, 4.69) is 4.74 Å². The summed E-state index contributed by atoms with van der Waals surface area (Å²) in [6, 6.07) is 1.24. The van der Waals surface area contributed by atoms with Crippen LogP contribution in [-0.2, 0) is 0 Å². The fourth-order valence-electron chi connectivity index (χ4n) is 1.03. The van der Waals surface area contributed by atoms with Crippen molar-refractivity contribution in [3.63, 3.8) is 0 Å². The summed E-state index contributed by atoms with van der Waals surface area (Å²) in [5.41, 5.74) is -3.83. The second-order valence-electron chi connectivity index (χ2n) is 2.73. The van der Waals surface area contributed by atoms with Crippen LogP contribution in [0.3, 0.4) is 0 Å². The summed E-state index contributed by atoms with van der Waals surface area (Å²) in [5, 5.41) is 8.40. The second-order valence-corrected chi connectivity index (χ2v) is 2.73. The van der Waals surface area contributed by atoms with E-state index in [0.717, 1.165) is 0 Å². The molecule has 4 nitrogen and oxygen atoms in total. The first-order valence-corrected chi connectivity index (χ1v) is 3.96. The highest BCUT2D eigenvalue weighted by atomic mass is 19.4. The molecule has 0 bridgehead atoms. The third-order valence-electron chi connectivity index (χ3n) is 1.64. The van der Waals surface area contributed by atoms with Gasteiger partial charge in [-0.15, -0.1) is 13.2 Å². The number of ether oxygens (including phenoxy) is 1. The van der Waals surface area contributed by atoms with Crippen molar-refractivity contribution >= 4 is 0 Å². The minimum Gasteiger partial charge on any atom is -0.400 e. The lowest BCUT2D eigenvalue weighted by Crippen LogP contribution is -2.24. The SMILES string of the molecule is N#Cc1[nH]cc(OC(F)(F)F)c(=O)c1C(F)F. The zero-order valence-corrected chi connectivity index (χ0v) is 7.81. The number of H-pyrrole nitrogens is 1. The summed E-state index contributed by atoms with van der Waals surface area (Å²) < 4.78 is 63.4. The zero-order valence-electron chi connectivity index (χ0n) is 7.81. The van der Waals surface area contributed by atoms with E-state index < -0.39 is 35.2 Å². The van der Waals surface area contributed by atoms with Crippen molar-refractivity contribution in [1.29, 1.82) is 5.26 Å². The molecule has 0 fully saturated rings. The highest BCUT2D eigenvalue weighted by molar-refractivity contribution is 5.37. The largest absolute Gasteiger partial charge is 0.573 e. The lowest BCUT2D eigenvalue weighted by Gasteiger charge is -2.09. The molecule has 0 spiro atoms. The minimum atomic E-state index is -5.18. The molecule has 0 radical (unpaired) electrons. The summed E-state index contributed by atoms with van der Waals surface area (Å²) in [7, 11) is 0. The van der Waals surface area contributed by atoms with E-state index in [1.807, 2.05) is 4.98 Å². The maximum atomic E-state index is 12.4. The lowest BCUT2D eigenvalue weighted by molar-refractivity contribution is -0.275. The molecule has 92 valence electrons. The second kappa shape index (κ2) is 4.40. The van der Waals surface area contributed by atoms with Crippen molar-refractivity contribution < 1.29 is 26.7 Å². The Labute approximate surface area is 90.2 Å². The number of aromatic nitrogens is 1. The molecule has 9 heteroatoms. The smallest absolute Gasteiger partial charge is 0.400 e. The van der Waals surface area contributed by atoms with Crippen molar-refractivity contribution in [2.45, 2.75) is 12.8 Å². The van der Waals surface area contributed by atoms with Crippen LogP contribution < -0.4 is 10.2 Å². The number of nitrogens with zero attached hydrogens (tertiary/aromatic N) is 1. The van der Waals surface area contributed by atoms with Crippen molar-refractivity contribution in [3.8, 4) is 11.8 Å². The number of halogens is 5. The number of alkyl halides is 5. The van der Waals surface area contributed by atoms with Gasteiger partial charge in [-0.2, -0.15) is 5.26 Å². The highest BCUT2D eigenvalue weighted by Crippen LogP contribution is 2.23. The molecule has 0 aliphatic rings. The van der Waals surface area contributed by atoms with Crippen LogP contribution in [0.25, 0.3) is 0 Å². The first kappa shape index (κ1) is 13.0. The van der Waals surface area contributed by atoms with Crippen LogP contribution in [0.1, 0.15) is 17.7 Å². The molecule has 1 heterocycles. The molecule has 0 saturated heterocycles. The van der Waals surface area contributed by atoms with Crippen LogP contribution in [0, 0.1) is 11.3 Å². The Morgan fingerprint density at radius 2 is 2.00 bits per heavy atom. The van der Waals surface area contributed by atoms with Crippen molar-refractivity contribution in [2.75, 3.05) is 0 Å². The Bertz CT molecular complexity index is 514. The molecule has 0 saturated carbocycles. The van der Waals surface area contributed by atoms with E-state index in [-0.39, 0.29) is 0 Å². The van der Waals surface area contributed by atoms with Crippen LogP contribution in [0.5, 0.6) is 5.75 Å². The maximum Gasteiger partial charge on any atom is 0.573 e. The zero-order chi connectivity index (χ0) is 13.2. The fourth-order valence-corrected chi connectivity index (χ4v) is 1.03. The molecular formula is C8H3F5N2O2. The van der Waals surface area contributed by atoms with E-state index in [9.17, 15) is 26.7 Å². The first-order valence-electron chi connectivity index (χ1n) is 3.96. The van der Waals surface area contributed by atoms with Gasteiger partial charge in [0.15, 0.2) is 5.75 Å². The Morgan fingerprint density at radius 3 is 2.41 bits per heavy atom. The molecule has 0 aromatic carbocycles. The van der Waals surface area contributed by atoms with E-state index in [1.54, 1.807) is 0 Å². The predicted octanol–water partition coefficient (Wildman–Crippen LogP) is 2.08. The average molecular weight is 254 g/mol. The number of hydrogen-bond acceptors (Lipinski definition) is 3. The molecule has 0 aliphatic heterocycles. The third-order valence-corrected chi connectivity index (χ3v) is 1.64. The van der Waals surface area contributed by atoms with Gasteiger partial charge in [-0.25, -0.2) is 8.78 Å². The fraction of sp³-hybridized carbons (Fsp3) is 0.250. The third kappa shape index (κ3) is 2.93. The first-order chi connectivity index (χ1) is 7.76. The van der Waals surface area contributed by atoms with Crippen LogP contribution >= 0.6 is 0 Å². The predicted molar refractivity (Wildman–Crippen MR) is 43.4 cm³/mol. The van der Waals surface area contributed by atoms with Crippen molar-refractivity contribution in [1.82, 2.24) is 4.98 Å². The molecule has 1 rings (SSSR count). The Balaban J connectivity index is 3.35. The standard InChI is InChI=1S/C8H3F5N2O2/c9-7(10)5-3(1-14)15-2-4(6(5)16)17-8(11,12)13/h2,7H,(H,15,16). The molecular weight excluding hydrogens is 251 g/mol. The molecule has 1 aromatic heterocycles. The van der Waals surface area contributed by atoms with E-state index in [0.29, 0.717) is 6.20 Å². The van der Waals surface area contributed by atoms with Gasteiger partial charge in [-0.1, -0.05) is 0 Å². The molecule has 1 N–H and O–H groups in total. The van der Waals surface area contributed by atoms with Crippen LogP contribution in [0.2, 0.25) is 0 Å². The number of nitrogens with one attached hydrogen (secondary N) is 1. The van der Waals surface area contributed by atoms with Gasteiger partial charge in [0.1, 0.15) is 17.3 Å². The summed E-state index contributed by atoms with van der Waals surface area (Å²) in [6.07, 6.45) is -8.16. The molecule has 1 aromatic rings. The number of pyridine rings is 1. The Hall–Kier alpha value is -2.11. The molecule has 0 atom stereocenters. The Morgan fingerprint density at radius 1 is 1.41 bits per heavy atom. The van der Waals surface area contributed by atoms with Crippen LogP contribution in [0.15, 0.2) is 11.0 Å². The van der Waals surface area contributed by atoms with Gasteiger partial charge in [0.25, 0.3) is 6.43 Å². The van der Waals surface area contributed by atoms with Gasteiger partial charge in [-0.3, -0.25) is 4.79 Å². The summed E-state index contributed by atoms with van der Waals surface area (Å²) >= 11 is 0. The number of rotatable bonds is 2. The summed E-state index contributed by atoms with van der Waals surface area (Å²) in [5.74, 6) is -1.34. The molecule has 0 unspecified atom stereocenters. The summed E-state index contributed by atoms with van der Waals surface area (Å²) in [4.78, 5) is 13.0. The summed E-state index contributed by atoms with van der Waals surface area (Å²) in [6.45, 7) is 0. The van der Waals surface area contributed by atoms with Gasteiger partial charge in [0.2, 0.25) is 5.43 Å². The Kier molecular flexibility index (Phi) is 3.36. The lowest BCUT2D eigenvalue weighted by atomic mass is 10.2. The van der Waals surface area contributed by atoms with Crippen molar-refractivity contribution in [3.05, 3.63) is 27.7 Å². The number of aromatic amines is 1. The normalized spacial score (nSPS) is 11.4. The highest BCUT2D eigenvalue weighted by Gasteiger charge is 2.33. The van der Waals surface area contributed by atoms with Crippen LogP contribution in [0.4, 0.5) is 22.0 Å². The topological polar surface area (TPSA) is 65.9 Å². The van der Waals surface area contributed by atoms with Gasteiger partial charge in [0, 0.05) is 6.20 Å². The monoisotopic (exact) mass is 254 g/mol. The molecule has 0 aliphatic carbocycles. The number of nitriles is 1. The van der Waals surface area contributed by atoms with E-state index in [1.165, 1.54) is 6.07 Å². The van der Waals surface area contributed by atoms with E-state index >= 15 is 0 Å². The van der Waals surface area contributed by atoms with E-state index in [4.69, 9.17) is 5.26 Å². The van der Waals surface area contributed by atoms with Gasteiger partial charge >= 0.3 is 6.36 Å². The van der Waals surface area contributed by atoms with Gasteiger partial charge < -0.3 is 9.72 Å². The average Bonchev–Trinajstić information content (AvgIpc) is 2.18.